The van der Waals surface area contributed by atoms with Crippen molar-refractivity contribution in [3.05, 3.63) is 98.5 Å². The molecule has 4 aromatic rings. The second-order valence-corrected chi connectivity index (χ2v) is 8.14. The standard InChI is InChI=1S/C28H22FNO4/c1-5-18-9-8-11-20(24(18)29)26-16(3)25(31)22-14-15(2)13-21(27(22)34-26)17(4)30-23-12-7-6-10-19(23)28(32)33/h1,6-14,17,30H,2-4H3,(H,32,33). The van der Waals surface area contributed by atoms with Crippen molar-refractivity contribution in [2.75, 3.05) is 5.32 Å². The maximum absolute atomic E-state index is 15.0. The zero-order chi connectivity index (χ0) is 24.6. The van der Waals surface area contributed by atoms with E-state index in [4.69, 9.17) is 10.8 Å². The topological polar surface area (TPSA) is 79.5 Å². The van der Waals surface area contributed by atoms with E-state index in [-0.39, 0.29) is 33.4 Å². The van der Waals surface area contributed by atoms with Crippen molar-refractivity contribution < 1.29 is 18.7 Å². The molecule has 5 nitrogen and oxygen atoms in total. The molecule has 0 aliphatic heterocycles. The Bertz CT molecular complexity index is 1550. The van der Waals surface area contributed by atoms with Crippen LogP contribution < -0.4 is 10.7 Å². The summed E-state index contributed by atoms with van der Waals surface area (Å²) in [6.45, 7) is 5.29. The molecule has 0 aliphatic rings. The van der Waals surface area contributed by atoms with E-state index in [9.17, 15) is 14.7 Å². The molecular formula is C28H22FNO4. The van der Waals surface area contributed by atoms with Crippen molar-refractivity contribution in [2.24, 2.45) is 0 Å². The zero-order valence-electron chi connectivity index (χ0n) is 18.9. The van der Waals surface area contributed by atoms with Crippen LogP contribution in [-0.4, -0.2) is 11.1 Å². The zero-order valence-corrected chi connectivity index (χ0v) is 18.9. The molecule has 1 heterocycles. The van der Waals surface area contributed by atoms with Gasteiger partial charge in [-0.1, -0.05) is 30.2 Å². The van der Waals surface area contributed by atoms with E-state index >= 15 is 4.39 Å². The van der Waals surface area contributed by atoms with Crippen LogP contribution in [0.25, 0.3) is 22.3 Å². The van der Waals surface area contributed by atoms with Crippen molar-refractivity contribution in [1.29, 1.82) is 0 Å². The summed E-state index contributed by atoms with van der Waals surface area (Å²) in [5.74, 6) is 0.718. The molecule has 1 atom stereocenters. The molecule has 0 amide bonds. The Morgan fingerprint density at radius 1 is 1.15 bits per heavy atom. The first-order chi connectivity index (χ1) is 16.2. The maximum Gasteiger partial charge on any atom is 0.337 e. The predicted molar refractivity (Wildman–Crippen MR) is 131 cm³/mol. The van der Waals surface area contributed by atoms with E-state index in [2.05, 4.69) is 11.2 Å². The molecular weight excluding hydrogens is 433 g/mol. The number of benzene rings is 3. The lowest BCUT2D eigenvalue weighted by atomic mass is 9.98. The summed E-state index contributed by atoms with van der Waals surface area (Å²) >= 11 is 0. The molecule has 0 aliphatic carbocycles. The number of carboxylic acid groups (broad SMARTS) is 1. The molecule has 0 saturated heterocycles. The average Bonchev–Trinajstić information content (AvgIpc) is 2.82. The van der Waals surface area contributed by atoms with Crippen LogP contribution in [-0.2, 0) is 0 Å². The van der Waals surface area contributed by atoms with E-state index in [0.717, 1.165) is 5.56 Å². The molecule has 0 radical (unpaired) electrons. The lowest BCUT2D eigenvalue weighted by Crippen LogP contribution is -2.14. The minimum absolute atomic E-state index is 0.0732. The van der Waals surface area contributed by atoms with Gasteiger partial charge in [-0.15, -0.1) is 6.42 Å². The number of hydrogen-bond donors (Lipinski definition) is 2. The number of terminal acetylenes is 1. The second kappa shape index (κ2) is 8.87. The fraction of sp³-hybridized carbons (Fsp3) is 0.143. The van der Waals surface area contributed by atoms with Crippen LogP contribution in [0.3, 0.4) is 0 Å². The Balaban J connectivity index is 1.93. The highest BCUT2D eigenvalue weighted by Gasteiger charge is 2.22. The molecule has 1 aromatic heterocycles. The van der Waals surface area contributed by atoms with Crippen molar-refractivity contribution in [3.8, 4) is 23.7 Å². The van der Waals surface area contributed by atoms with Crippen LogP contribution in [0.1, 0.15) is 45.6 Å². The molecule has 1 unspecified atom stereocenters. The normalized spacial score (nSPS) is 11.7. The summed E-state index contributed by atoms with van der Waals surface area (Å²) in [4.78, 5) is 24.9. The second-order valence-electron chi connectivity index (χ2n) is 8.14. The first kappa shape index (κ1) is 22.8. The molecule has 6 heteroatoms. The lowest BCUT2D eigenvalue weighted by Gasteiger charge is -2.20. The van der Waals surface area contributed by atoms with Crippen LogP contribution in [0.2, 0.25) is 0 Å². The number of halogens is 1. The van der Waals surface area contributed by atoms with Crippen LogP contribution in [0.5, 0.6) is 0 Å². The Morgan fingerprint density at radius 3 is 2.59 bits per heavy atom. The molecule has 34 heavy (non-hydrogen) atoms. The van der Waals surface area contributed by atoms with E-state index < -0.39 is 17.8 Å². The molecule has 0 spiro atoms. The van der Waals surface area contributed by atoms with Gasteiger partial charge in [-0.05, 0) is 56.7 Å². The number of carbonyl (C=O) groups is 1. The average molecular weight is 455 g/mol. The van der Waals surface area contributed by atoms with E-state index in [0.29, 0.717) is 22.2 Å². The third kappa shape index (κ3) is 3.93. The van der Waals surface area contributed by atoms with Gasteiger partial charge in [0.2, 0.25) is 0 Å². The molecule has 2 N–H and O–H groups in total. The van der Waals surface area contributed by atoms with Crippen molar-refractivity contribution in [2.45, 2.75) is 26.8 Å². The summed E-state index contributed by atoms with van der Waals surface area (Å²) in [7, 11) is 0. The van der Waals surface area contributed by atoms with Gasteiger partial charge >= 0.3 is 5.97 Å². The highest BCUT2D eigenvalue weighted by atomic mass is 19.1. The van der Waals surface area contributed by atoms with Crippen LogP contribution in [0, 0.1) is 32.0 Å². The summed E-state index contributed by atoms with van der Waals surface area (Å²) < 4.78 is 21.2. The molecule has 4 rings (SSSR count). The quantitative estimate of drug-likeness (QED) is 0.357. The van der Waals surface area contributed by atoms with Crippen LogP contribution in [0.15, 0.2) is 63.8 Å². The third-order valence-corrected chi connectivity index (χ3v) is 5.79. The van der Waals surface area contributed by atoms with Gasteiger partial charge < -0.3 is 14.8 Å². The molecule has 3 aromatic carbocycles. The minimum Gasteiger partial charge on any atom is -0.478 e. The summed E-state index contributed by atoms with van der Waals surface area (Å²) in [6, 6.07) is 14.3. The number of nitrogens with one attached hydrogen (secondary N) is 1. The number of carboxylic acids is 1. The Kier molecular flexibility index (Phi) is 5.95. The highest BCUT2D eigenvalue weighted by molar-refractivity contribution is 5.94. The number of aryl methyl sites for hydroxylation is 1. The molecule has 0 bridgehead atoms. The fourth-order valence-corrected chi connectivity index (χ4v) is 4.07. The number of fused-ring (bicyclic) bond motifs is 1. The predicted octanol–water partition coefficient (Wildman–Crippen LogP) is 6.07. The number of rotatable bonds is 5. The first-order valence-electron chi connectivity index (χ1n) is 10.6. The Morgan fingerprint density at radius 2 is 1.88 bits per heavy atom. The number of aromatic carboxylic acids is 1. The Hall–Kier alpha value is -4.37. The summed E-state index contributed by atoms with van der Waals surface area (Å²) in [5, 5.41) is 13.1. The van der Waals surface area contributed by atoms with Gasteiger partial charge in [0, 0.05) is 16.8 Å². The molecule has 0 saturated carbocycles. The van der Waals surface area contributed by atoms with Gasteiger partial charge in [-0.2, -0.15) is 0 Å². The van der Waals surface area contributed by atoms with Gasteiger partial charge in [0.15, 0.2) is 5.43 Å². The van der Waals surface area contributed by atoms with Gasteiger partial charge in [-0.3, -0.25) is 4.79 Å². The van der Waals surface area contributed by atoms with Gasteiger partial charge in [0.1, 0.15) is 17.2 Å². The van der Waals surface area contributed by atoms with Crippen LogP contribution >= 0.6 is 0 Å². The number of hydrogen-bond acceptors (Lipinski definition) is 4. The third-order valence-electron chi connectivity index (χ3n) is 5.79. The smallest absolute Gasteiger partial charge is 0.337 e. The summed E-state index contributed by atoms with van der Waals surface area (Å²) in [6.07, 6.45) is 5.41. The van der Waals surface area contributed by atoms with E-state index in [1.807, 2.05) is 19.9 Å². The van der Waals surface area contributed by atoms with Gasteiger partial charge in [-0.25, -0.2) is 9.18 Å². The first-order valence-corrected chi connectivity index (χ1v) is 10.6. The largest absolute Gasteiger partial charge is 0.478 e. The van der Waals surface area contributed by atoms with Crippen LogP contribution in [0.4, 0.5) is 10.1 Å². The van der Waals surface area contributed by atoms with Gasteiger partial charge in [0.25, 0.3) is 0 Å². The maximum atomic E-state index is 15.0. The molecule has 170 valence electrons. The highest BCUT2D eigenvalue weighted by Crippen LogP contribution is 2.34. The lowest BCUT2D eigenvalue weighted by molar-refractivity contribution is 0.0698. The molecule has 0 fully saturated rings. The SMILES string of the molecule is C#Cc1cccc(-c2oc3c(C(C)Nc4ccccc4C(=O)O)cc(C)cc3c(=O)c2C)c1F. The number of para-hydroxylation sites is 1. The van der Waals surface area contributed by atoms with Crippen molar-refractivity contribution in [1.82, 2.24) is 0 Å². The van der Waals surface area contributed by atoms with E-state index in [1.54, 1.807) is 37.3 Å². The van der Waals surface area contributed by atoms with Gasteiger partial charge in [0.05, 0.1) is 28.1 Å². The van der Waals surface area contributed by atoms with E-state index in [1.165, 1.54) is 18.2 Å². The van der Waals surface area contributed by atoms with Crippen molar-refractivity contribution >= 4 is 22.6 Å². The van der Waals surface area contributed by atoms with Crippen molar-refractivity contribution in [3.63, 3.8) is 0 Å². The number of anilines is 1. The summed E-state index contributed by atoms with van der Waals surface area (Å²) in [5.41, 5.74) is 2.51. The fourth-order valence-electron chi connectivity index (χ4n) is 4.07. The Labute approximate surface area is 195 Å². The monoisotopic (exact) mass is 455 g/mol. The minimum atomic E-state index is -1.06.